The van der Waals surface area contributed by atoms with E-state index in [9.17, 15) is 19.7 Å². The highest BCUT2D eigenvalue weighted by atomic mass is 35.5. The number of benzene rings is 1. The van der Waals surface area contributed by atoms with E-state index in [1.54, 1.807) is 4.57 Å². The zero-order valence-corrected chi connectivity index (χ0v) is 14.6. The van der Waals surface area contributed by atoms with Gasteiger partial charge in [0.15, 0.2) is 16.9 Å². The van der Waals surface area contributed by atoms with Crippen LogP contribution in [0.25, 0.3) is 11.2 Å². The Morgan fingerprint density at radius 2 is 2.00 bits per heavy atom. The molecule has 26 heavy (non-hydrogen) atoms. The lowest BCUT2D eigenvalue weighted by Gasteiger charge is -2.09. The van der Waals surface area contributed by atoms with Crippen LogP contribution >= 0.6 is 11.6 Å². The minimum absolute atomic E-state index is 0.0555. The summed E-state index contributed by atoms with van der Waals surface area (Å²) in [6, 6.07) is 4.10. The molecule has 3 aromatic rings. The Morgan fingerprint density at radius 3 is 2.69 bits per heavy atom. The lowest BCUT2D eigenvalue weighted by atomic mass is 10.3. The molecule has 11 heteroatoms. The number of aryl methyl sites for hydroxylation is 1. The summed E-state index contributed by atoms with van der Waals surface area (Å²) in [5, 5.41) is 11.3. The van der Waals surface area contributed by atoms with Crippen molar-refractivity contribution in [2.75, 3.05) is 6.61 Å². The summed E-state index contributed by atoms with van der Waals surface area (Å²) in [5.74, 6) is 0.0733. The van der Waals surface area contributed by atoms with E-state index in [1.807, 2.05) is 0 Å². The van der Waals surface area contributed by atoms with Crippen LogP contribution in [0.2, 0.25) is 5.02 Å². The lowest BCUT2D eigenvalue weighted by Crippen LogP contribution is -2.37. The van der Waals surface area contributed by atoms with Gasteiger partial charge in [0.1, 0.15) is 6.61 Å². The first-order valence-corrected chi connectivity index (χ1v) is 7.86. The number of halogens is 1. The van der Waals surface area contributed by atoms with Crippen molar-refractivity contribution in [3.8, 4) is 5.75 Å². The van der Waals surface area contributed by atoms with Gasteiger partial charge in [0, 0.05) is 25.2 Å². The van der Waals surface area contributed by atoms with Crippen molar-refractivity contribution >= 4 is 28.5 Å². The highest BCUT2D eigenvalue weighted by Gasteiger charge is 2.17. The van der Waals surface area contributed by atoms with Crippen LogP contribution in [-0.2, 0) is 20.6 Å². The van der Waals surface area contributed by atoms with Crippen molar-refractivity contribution < 1.29 is 9.66 Å². The maximum atomic E-state index is 12.3. The molecule has 0 aliphatic rings. The minimum Gasteiger partial charge on any atom is -0.485 e. The maximum absolute atomic E-state index is 12.3. The van der Waals surface area contributed by atoms with E-state index in [1.165, 1.54) is 43.2 Å². The minimum atomic E-state index is -0.584. The summed E-state index contributed by atoms with van der Waals surface area (Å²) in [4.78, 5) is 38.8. The van der Waals surface area contributed by atoms with E-state index in [0.717, 1.165) is 4.57 Å². The van der Waals surface area contributed by atoms with Gasteiger partial charge in [-0.2, -0.15) is 0 Å². The second-order valence-electron chi connectivity index (χ2n) is 5.53. The molecule has 0 aliphatic carbocycles. The number of nitro groups is 1. The zero-order chi connectivity index (χ0) is 19.0. The number of hydrogen-bond acceptors (Lipinski definition) is 6. The molecule has 0 bridgehead atoms. The number of aromatic nitrogens is 4. The van der Waals surface area contributed by atoms with Gasteiger partial charge >= 0.3 is 11.4 Å². The van der Waals surface area contributed by atoms with Crippen LogP contribution in [0.4, 0.5) is 5.69 Å². The summed E-state index contributed by atoms with van der Waals surface area (Å²) < 4.78 is 9.28. The first kappa shape index (κ1) is 17.7. The molecule has 0 aliphatic heterocycles. The number of nitrogens with zero attached hydrogens (tertiary/aromatic N) is 5. The van der Waals surface area contributed by atoms with Crippen LogP contribution < -0.4 is 16.0 Å². The van der Waals surface area contributed by atoms with Crippen LogP contribution in [0.5, 0.6) is 5.75 Å². The summed E-state index contributed by atoms with van der Waals surface area (Å²) >= 11 is 5.76. The van der Waals surface area contributed by atoms with Crippen LogP contribution in [0.1, 0.15) is 0 Å². The van der Waals surface area contributed by atoms with Gasteiger partial charge < -0.3 is 9.30 Å². The molecule has 0 fully saturated rings. The fourth-order valence-corrected chi connectivity index (χ4v) is 2.74. The van der Waals surface area contributed by atoms with Gasteiger partial charge in [-0.25, -0.2) is 9.78 Å². The summed E-state index contributed by atoms with van der Waals surface area (Å²) in [7, 11) is 2.91. The van der Waals surface area contributed by atoms with Crippen LogP contribution in [0.3, 0.4) is 0 Å². The molecule has 2 heterocycles. The van der Waals surface area contributed by atoms with Crippen molar-refractivity contribution in [2.24, 2.45) is 14.1 Å². The molecule has 0 unspecified atom stereocenters. The summed E-state index contributed by atoms with van der Waals surface area (Å²) in [6.45, 7) is 0.268. The Morgan fingerprint density at radius 1 is 1.27 bits per heavy atom. The molecule has 0 spiro atoms. The monoisotopic (exact) mass is 379 g/mol. The largest absolute Gasteiger partial charge is 0.485 e. The smallest absolute Gasteiger partial charge is 0.332 e. The number of hydrogen-bond donors (Lipinski definition) is 0. The van der Waals surface area contributed by atoms with E-state index in [2.05, 4.69) is 4.98 Å². The van der Waals surface area contributed by atoms with E-state index in [-0.39, 0.29) is 40.8 Å². The first-order chi connectivity index (χ1) is 12.3. The maximum Gasteiger partial charge on any atom is 0.332 e. The van der Waals surface area contributed by atoms with Gasteiger partial charge in [0.05, 0.1) is 17.8 Å². The van der Waals surface area contributed by atoms with Gasteiger partial charge in [-0.1, -0.05) is 11.6 Å². The fourth-order valence-electron chi connectivity index (χ4n) is 2.58. The molecule has 1 aromatic carbocycles. The van der Waals surface area contributed by atoms with Crippen molar-refractivity contribution in [3.63, 3.8) is 0 Å². The quantitative estimate of drug-likeness (QED) is 0.484. The van der Waals surface area contributed by atoms with Crippen LogP contribution in [-0.4, -0.2) is 30.2 Å². The molecular formula is C15H14ClN5O5. The highest BCUT2D eigenvalue weighted by molar-refractivity contribution is 6.30. The zero-order valence-electron chi connectivity index (χ0n) is 13.9. The molecule has 0 amide bonds. The molecule has 0 saturated carbocycles. The normalized spacial score (nSPS) is 11.0. The SMILES string of the molecule is Cn1c(=O)c2c(ncn2CCOc2ccc(Cl)cc2[N+](=O)[O-])n(C)c1=O. The van der Waals surface area contributed by atoms with Crippen molar-refractivity contribution in [1.82, 2.24) is 18.7 Å². The summed E-state index contributed by atoms with van der Waals surface area (Å²) in [6.07, 6.45) is 1.42. The average molecular weight is 380 g/mol. The molecule has 0 saturated heterocycles. The van der Waals surface area contributed by atoms with Gasteiger partial charge in [-0.15, -0.1) is 0 Å². The van der Waals surface area contributed by atoms with Gasteiger partial charge in [-0.3, -0.25) is 24.0 Å². The van der Waals surface area contributed by atoms with E-state index in [0.29, 0.717) is 0 Å². The molecule has 136 valence electrons. The predicted octanol–water partition coefficient (Wildman–Crippen LogP) is 1.07. The third-order valence-electron chi connectivity index (χ3n) is 3.92. The molecule has 10 nitrogen and oxygen atoms in total. The lowest BCUT2D eigenvalue weighted by molar-refractivity contribution is -0.385. The highest BCUT2D eigenvalue weighted by Crippen LogP contribution is 2.29. The standard InChI is InChI=1S/C15H14ClN5O5/c1-18-13-12(14(22)19(2)15(18)23)20(8-17-13)5-6-26-11-4-3-9(16)7-10(11)21(24)25/h3-4,7-8H,5-6H2,1-2H3. The molecule has 0 radical (unpaired) electrons. The number of ether oxygens (including phenoxy) is 1. The van der Waals surface area contributed by atoms with Crippen molar-refractivity contribution in [3.05, 3.63) is 60.5 Å². The molecular weight excluding hydrogens is 366 g/mol. The Labute approximate surface area is 151 Å². The van der Waals surface area contributed by atoms with Crippen LogP contribution in [0, 0.1) is 10.1 Å². The third kappa shape index (κ3) is 2.94. The van der Waals surface area contributed by atoms with Gasteiger partial charge in [0.25, 0.3) is 5.56 Å². The first-order valence-electron chi connectivity index (χ1n) is 7.49. The number of rotatable bonds is 5. The molecule has 0 atom stereocenters. The Bertz CT molecular complexity index is 1130. The Hall–Kier alpha value is -3.14. The third-order valence-corrected chi connectivity index (χ3v) is 4.16. The molecule has 3 rings (SSSR count). The fraction of sp³-hybridized carbons (Fsp3) is 0.267. The Kier molecular flexibility index (Phi) is 4.51. The second kappa shape index (κ2) is 6.64. The summed E-state index contributed by atoms with van der Waals surface area (Å²) in [5.41, 5.74) is -0.676. The van der Waals surface area contributed by atoms with Gasteiger partial charge in [-0.05, 0) is 12.1 Å². The van der Waals surface area contributed by atoms with Crippen molar-refractivity contribution in [1.29, 1.82) is 0 Å². The average Bonchev–Trinajstić information content (AvgIpc) is 3.03. The topological polar surface area (TPSA) is 114 Å². The Balaban J connectivity index is 1.87. The predicted molar refractivity (Wildman–Crippen MR) is 93.8 cm³/mol. The number of nitro benzene ring substituents is 1. The number of imidazole rings is 1. The van der Waals surface area contributed by atoms with Crippen molar-refractivity contribution in [2.45, 2.75) is 6.54 Å². The van der Waals surface area contributed by atoms with E-state index >= 15 is 0 Å². The van der Waals surface area contributed by atoms with Gasteiger partial charge in [0.2, 0.25) is 0 Å². The second-order valence-corrected chi connectivity index (χ2v) is 5.97. The van der Waals surface area contributed by atoms with Crippen LogP contribution in [0.15, 0.2) is 34.1 Å². The van der Waals surface area contributed by atoms with E-state index < -0.39 is 16.2 Å². The molecule has 0 N–H and O–H groups in total. The van der Waals surface area contributed by atoms with E-state index in [4.69, 9.17) is 16.3 Å². The molecule has 2 aromatic heterocycles. The number of fused-ring (bicyclic) bond motifs is 1.